The van der Waals surface area contributed by atoms with Crippen LogP contribution in [-0.2, 0) is 0 Å². The average Bonchev–Trinajstić information content (AvgIpc) is 2.80. The highest BCUT2D eigenvalue weighted by Crippen LogP contribution is 2.37. The SMILES string of the molecule is Cc1cc(C(CC(c2ccc(C(=O)N(C)CCO)cc2)c2ccccc2C)N=O)ccn1. The van der Waals surface area contributed by atoms with E-state index < -0.39 is 6.04 Å². The van der Waals surface area contributed by atoms with Gasteiger partial charge in [-0.05, 0) is 66.8 Å². The Labute approximate surface area is 188 Å². The van der Waals surface area contributed by atoms with Crippen molar-refractivity contribution in [2.75, 3.05) is 20.2 Å². The number of hydrogen-bond donors (Lipinski definition) is 1. The van der Waals surface area contributed by atoms with Crippen LogP contribution in [0.15, 0.2) is 72.0 Å². The summed E-state index contributed by atoms with van der Waals surface area (Å²) < 4.78 is 0. The number of nitroso groups, excluding NO2 is 1. The van der Waals surface area contributed by atoms with Crippen LogP contribution in [0, 0.1) is 18.8 Å². The van der Waals surface area contributed by atoms with Crippen molar-refractivity contribution in [1.82, 2.24) is 9.88 Å². The molecule has 0 aliphatic carbocycles. The molecule has 0 saturated heterocycles. The van der Waals surface area contributed by atoms with Gasteiger partial charge in [0.25, 0.3) is 5.91 Å². The van der Waals surface area contributed by atoms with Gasteiger partial charge in [0.1, 0.15) is 6.04 Å². The molecule has 0 saturated carbocycles. The summed E-state index contributed by atoms with van der Waals surface area (Å²) in [6, 6.07) is 18.8. The van der Waals surface area contributed by atoms with E-state index in [1.807, 2.05) is 43.3 Å². The Morgan fingerprint density at radius 2 is 1.78 bits per heavy atom. The van der Waals surface area contributed by atoms with Gasteiger partial charge in [-0.2, -0.15) is 4.91 Å². The normalized spacial score (nSPS) is 12.8. The van der Waals surface area contributed by atoms with E-state index in [0.29, 0.717) is 12.0 Å². The lowest BCUT2D eigenvalue weighted by Crippen LogP contribution is -2.29. The van der Waals surface area contributed by atoms with E-state index in [4.69, 9.17) is 5.11 Å². The van der Waals surface area contributed by atoms with Crippen molar-refractivity contribution in [3.8, 4) is 0 Å². The van der Waals surface area contributed by atoms with Gasteiger partial charge in [-0.15, -0.1) is 0 Å². The Balaban J connectivity index is 1.96. The maximum absolute atomic E-state index is 12.5. The molecule has 1 N–H and O–H groups in total. The molecular weight excluding hydrogens is 402 g/mol. The van der Waals surface area contributed by atoms with Crippen LogP contribution >= 0.6 is 0 Å². The zero-order valence-corrected chi connectivity index (χ0v) is 18.7. The summed E-state index contributed by atoms with van der Waals surface area (Å²) in [6.45, 7) is 4.16. The summed E-state index contributed by atoms with van der Waals surface area (Å²) in [7, 11) is 1.67. The number of aromatic nitrogens is 1. The molecule has 2 unspecified atom stereocenters. The zero-order valence-electron chi connectivity index (χ0n) is 18.7. The van der Waals surface area contributed by atoms with Crippen LogP contribution in [0.4, 0.5) is 0 Å². The number of aliphatic hydroxyl groups excluding tert-OH is 1. The van der Waals surface area contributed by atoms with Crippen LogP contribution in [-0.4, -0.2) is 41.1 Å². The molecule has 166 valence electrons. The van der Waals surface area contributed by atoms with E-state index in [-0.39, 0.29) is 25.0 Å². The third-order valence-corrected chi connectivity index (χ3v) is 5.80. The molecule has 32 heavy (non-hydrogen) atoms. The predicted octanol–water partition coefficient (Wildman–Crippen LogP) is 4.79. The number of pyridine rings is 1. The van der Waals surface area contributed by atoms with Crippen LogP contribution in [0.2, 0.25) is 0 Å². The van der Waals surface area contributed by atoms with Gasteiger partial charge in [-0.25, -0.2) is 0 Å². The van der Waals surface area contributed by atoms with Crippen molar-refractivity contribution in [1.29, 1.82) is 0 Å². The third kappa shape index (κ3) is 5.45. The molecule has 6 heteroatoms. The lowest BCUT2D eigenvalue weighted by Gasteiger charge is -2.23. The predicted molar refractivity (Wildman–Crippen MR) is 126 cm³/mol. The molecule has 1 aromatic heterocycles. The summed E-state index contributed by atoms with van der Waals surface area (Å²) in [5.41, 5.74) is 5.53. The molecule has 0 bridgehead atoms. The molecule has 2 aromatic carbocycles. The number of aryl methyl sites for hydroxylation is 2. The smallest absolute Gasteiger partial charge is 0.253 e. The van der Waals surface area contributed by atoms with E-state index in [9.17, 15) is 9.70 Å². The third-order valence-electron chi connectivity index (χ3n) is 5.80. The van der Waals surface area contributed by atoms with Gasteiger partial charge in [-0.3, -0.25) is 9.78 Å². The first-order chi connectivity index (χ1) is 15.4. The Bertz CT molecular complexity index is 1070. The minimum absolute atomic E-state index is 0.0632. The molecule has 3 rings (SSSR count). The molecule has 0 aliphatic rings. The van der Waals surface area contributed by atoms with E-state index in [1.54, 1.807) is 25.4 Å². The first-order valence-electron chi connectivity index (χ1n) is 10.7. The maximum atomic E-state index is 12.5. The minimum atomic E-state index is -0.515. The van der Waals surface area contributed by atoms with Crippen molar-refractivity contribution in [2.24, 2.45) is 5.18 Å². The highest BCUT2D eigenvalue weighted by Gasteiger charge is 2.24. The fourth-order valence-electron chi connectivity index (χ4n) is 3.99. The molecular formula is C26H29N3O3. The van der Waals surface area contributed by atoms with Gasteiger partial charge in [0.2, 0.25) is 0 Å². The highest BCUT2D eigenvalue weighted by atomic mass is 16.3. The average molecular weight is 432 g/mol. The number of benzene rings is 2. The molecule has 2 atom stereocenters. The number of likely N-dealkylation sites (N-methyl/N-ethyl adjacent to an activating group) is 1. The summed E-state index contributed by atoms with van der Waals surface area (Å²) in [6.07, 6.45) is 2.21. The largest absolute Gasteiger partial charge is 0.395 e. The van der Waals surface area contributed by atoms with Crippen molar-refractivity contribution in [3.63, 3.8) is 0 Å². The summed E-state index contributed by atoms with van der Waals surface area (Å²) in [5.74, 6) is -0.204. The van der Waals surface area contributed by atoms with Gasteiger partial charge < -0.3 is 10.0 Å². The zero-order chi connectivity index (χ0) is 23.1. The molecule has 0 fully saturated rings. The minimum Gasteiger partial charge on any atom is -0.395 e. The Morgan fingerprint density at radius 3 is 2.41 bits per heavy atom. The van der Waals surface area contributed by atoms with Crippen LogP contribution in [0.3, 0.4) is 0 Å². The molecule has 0 spiro atoms. The quantitative estimate of drug-likeness (QED) is 0.494. The van der Waals surface area contributed by atoms with E-state index in [1.165, 1.54) is 4.90 Å². The van der Waals surface area contributed by atoms with Crippen molar-refractivity contribution >= 4 is 5.91 Å². The lowest BCUT2D eigenvalue weighted by molar-refractivity contribution is 0.0767. The Hall–Kier alpha value is -3.38. The molecule has 1 heterocycles. The van der Waals surface area contributed by atoms with Crippen LogP contribution in [0.25, 0.3) is 0 Å². The monoisotopic (exact) mass is 431 g/mol. The first-order valence-corrected chi connectivity index (χ1v) is 10.7. The molecule has 0 aliphatic heterocycles. The van der Waals surface area contributed by atoms with E-state index >= 15 is 0 Å². The number of rotatable bonds is 9. The molecule has 0 radical (unpaired) electrons. The lowest BCUT2D eigenvalue weighted by atomic mass is 9.82. The van der Waals surface area contributed by atoms with Gasteiger partial charge in [0.05, 0.1) is 6.61 Å². The molecule has 6 nitrogen and oxygen atoms in total. The summed E-state index contributed by atoms with van der Waals surface area (Å²) >= 11 is 0. The van der Waals surface area contributed by atoms with Gasteiger partial charge in [-0.1, -0.05) is 41.6 Å². The number of carbonyl (C=O) groups is 1. The standard InChI is InChI=1S/C26H29N3O3/c1-18-6-4-5-7-23(18)24(17-25(28-32)22-12-13-27-19(2)16-22)20-8-10-21(11-9-20)26(31)29(3)14-15-30/h4-13,16,24-25,30H,14-15,17H2,1-3H3. The number of nitrogens with zero attached hydrogens (tertiary/aromatic N) is 3. The van der Waals surface area contributed by atoms with E-state index in [0.717, 1.165) is 27.9 Å². The maximum Gasteiger partial charge on any atom is 0.253 e. The van der Waals surface area contributed by atoms with Crippen LogP contribution in [0.5, 0.6) is 0 Å². The second-order valence-electron chi connectivity index (χ2n) is 8.07. The second-order valence-corrected chi connectivity index (χ2v) is 8.07. The first kappa shape index (κ1) is 23.3. The van der Waals surface area contributed by atoms with Crippen molar-refractivity contribution in [3.05, 3.63) is 105 Å². The van der Waals surface area contributed by atoms with Crippen molar-refractivity contribution < 1.29 is 9.90 Å². The fourth-order valence-corrected chi connectivity index (χ4v) is 3.99. The van der Waals surface area contributed by atoms with Gasteiger partial charge in [0, 0.05) is 37.0 Å². The van der Waals surface area contributed by atoms with E-state index in [2.05, 4.69) is 29.2 Å². The highest BCUT2D eigenvalue weighted by molar-refractivity contribution is 5.94. The Kier molecular flexibility index (Phi) is 7.84. The number of aliphatic hydroxyl groups is 1. The molecule has 3 aromatic rings. The summed E-state index contributed by atoms with van der Waals surface area (Å²) in [4.78, 5) is 30.1. The number of amides is 1. The van der Waals surface area contributed by atoms with Gasteiger partial charge >= 0.3 is 0 Å². The second kappa shape index (κ2) is 10.8. The van der Waals surface area contributed by atoms with Crippen molar-refractivity contribution in [2.45, 2.75) is 32.2 Å². The van der Waals surface area contributed by atoms with Crippen LogP contribution < -0.4 is 0 Å². The van der Waals surface area contributed by atoms with Gasteiger partial charge in [0.15, 0.2) is 0 Å². The number of hydrogen-bond acceptors (Lipinski definition) is 5. The number of carbonyl (C=O) groups excluding carboxylic acids is 1. The van der Waals surface area contributed by atoms with Crippen LogP contribution in [0.1, 0.15) is 56.7 Å². The topological polar surface area (TPSA) is 82.9 Å². The fraction of sp³-hybridized carbons (Fsp3) is 0.308. The summed E-state index contributed by atoms with van der Waals surface area (Å²) in [5, 5.41) is 12.5. The Morgan fingerprint density at radius 1 is 1.06 bits per heavy atom. The molecule has 1 amide bonds.